The highest BCUT2D eigenvalue weighted by Crippen LogP contribution is 2.37. The average Bonchev–Trinajstić information content (AvgIpc) is 3.06. The lowest BCUT2D eigenvalue weighted by molar-refractivity contribution is 0.0971. The Bertz CT molecular complexity index is 2040. The van der Waals surface area contributed by atoms with Crippen molar-refractivity contribution in [2.45, 2.75) is 26.2 Å². The second-order valence-electron chi connectivity index (χ2n) is 10.2. The quantitative estimate of drug-likeness (QED) is 0.223. The highest BCUT2D eigenvalue weighted by Gasteiger charge is 2.26. The number of hydrogen-bond donors (Lipinski definition) is 1. The maximum Gasteiger partial charge on any atom is 0.268 e. The van der Waals surface area contributed by atoms with Gasteiger partial charge in [-0.3, -0.25) is 23.9 Å². The summed E-state index contributed by atoms with van der Waals surface area (Å²) in [6, 6.07) is 18.9. The van der Waals surface area contributed by atoms with Gasteiger partial charge < -0.3 is 19.5 Å². The molecule has 224 valence electrons. The molecule has 10 nitrogen and oxygen atoms in total. The van der Waals surface area contributed by atoms with Gasteiger partial charge in [-0.2, -0.15) is 0 Å². The van der Waals surface area contributed by atoms with Crippen LogP contribution < -0.4 is 25.1 Å². The van der Waals surface area contributed by atoms with E-state index in [1.54, 1.807) is 74.8 Å². The number of ether oxygens (including phenoxy) is 3. The van der Waals surface area contributed by atoms with E-state index < -0.39 is 11.5 Å². The summed E-state index contributed by atoms with van der Waals surface area (Å²) in [6.07, 6.45) is 4.66. The number of Topliss-reactive ketones (excluding diaryl/α,β-unsaturated/α-hetero) is 1. The summed E-state index contributed by atoms with van der Waals surface area (Å²) in [6.45, 7) is 1.96. The van der Waals surface area contributed by atoms with Crippen LogP contribution >= 0.6 is 0 Å². The van der Waals surface area contributed by atoms with Gasteiger partial charge in [0.2, 0.25) is 0 Å². The second kappa shape index (κ2) is 12.7. The van der Waals surface area contributed by atoms with Gasteiger partial charge >= 0.3 is 0 Å². The van der Waals surface area contributed by atoms with Crippen LogP contribution in [0.15, 0.2) is 83.9 Å². The number of pyridine rings is 3. The van der Waals surface area contributed by atoms with Gasteiger partial charge in [0.1, 0.15) is 29.5 Å². The summed E-state index contributed by atoms with van der Waals surface area (Å²) in [7, 11) is 1.55. The molecule has 0 atom stereocenters. The molecule has 45 heavy (non-hydrogen) atoms. The summed E-state index contributed by atoms with van der Waals surface area (Å²) >= 11 is 0. The minimum absolute atomic E-state index is 0.0922. The Hall–Kier alpha value is -5.95. The molecule has 0 saturated heterocycles. The van der Waals surface area contributed by atoms with E-state index in [2.05, 4.69) is 27.1 Å². The Kier molecular flexibility index (Phi) is 8.24. The third-order valence-corrected chi connectivity index (χ3v) is 7.35. The number of nitrogens with one attached hydrogen (secondary N) is 1. The maximum atomic E-state index is 13.6. The molecule has 0 aliphatic heterocycles. The minimum atomic E-state index is -0.665. The molecule has 0 spiro atoms. The van der Waals surface area contributed by atoms with Crippen LogP contribution in [0.5, 0.6) is 23.0 Å². The van der Waals surface area contributed by atoms with Crippen LogP contribution in [0, 0.1) is 11.8 Å². The summed E-state index contributed by atoms with van der Waals surface area (Å²) < 4.78 is 18.8. The van der Waals surface area contributed by atoms with E-state index in [0.717, 1.165) is 0 Å². The molecule has 3 aromatic heterocycles. The van der Waals surface area contributed by atoms with Crippen molar-refractivity contribution in [1.29, 1.82) is 0 Å². The Morgan fingerprint density at radius 3 is 2.58 bits per heavy atom. The van der Waals surface area contributed by atoms with Crippen LogP contribution in [0.2, 0.25) is 0 Å². The number of anilines is 1. The number of methoxy groups -OCH3 is 1. The van der Waals surface area contributed by atoms with Gasteiger partial charge in [-0.25, -0.2) is 4.98 Å². The first-order valence-electron chi connectivity index (χ1n) is 14.3. The minimum Gasteiger partial charge on any atom is -0.493 e. The van der Waals surface area contributed by atoms with Gasteiger partial charge in [-0.05, 0) is 62.2 Å². The van der Waals surface area contributed by atoms with Crippen LogP contribution in [0.4, 0.5) is 5.82 Å². The van der Waals surface area contributed by atoms with Crippen molar-refractivity contribution in [3.8, 4) is 40.5 Å². The molecule has 1 amide bonds. The number of carbonyl (C=O) groups is 2. The molecular formula is C35H28N4O6. The SMILES string of the molecule is CC#CCOc1cc2nccc(Oc3ccc(NC(=O)c4cc5c(n(-c6ccccc6)c4=O)CCCC5=O)nc3)c2cc1OC. The summed E-state index contributed by atoms with van der Waals surface area (Å²) in [5.74, 6) is 7.03. The van der Waals surface area contributed by atoms with Crippen molar-refractivity contribution < 1.29 is 23.8 Å². The Balaban J connectivity index is 1.25. The Morgan fingerprint density at radius 1 is 0.978 bits per heavy atom. The maximum absolute atomic E-state index is 13.6. The Labute approximate surface area is 258 Å². The zero-order valence-electron chi connectivity index (χ0n) is 24.6. The van der Waals surface area contributed by atoms with Crippen molar-refractivity contribution in [1.82, 2.24) is 14.5 Å². The molecule has 1 N–H and O–H groups in total. The van der Waals surface area contributed by atoms with Crippen molar-refractivity contribution in [2.75, 3.05) is 19.0 Å². The third-order valence-electron chi connectivity index (χ3n) is 7.35. The smallest absolute Gasteiger partial charge is 0.268 e. The predicted octanol–water partition coefficient (Wildman–Crippen LogP) is 5.76. The number of benzene rings is 2. The van der Waals surface area contributed by atoms with E-state index in [0.29, 0.717) is 70.1 Å². The molecule has 0 unspecified atom stereocenters. The molecule has 0 fully saturated rings. The number of para-hydroxylation sites is 1. The van der Waals surface area contributed by atoms with Gasteiger partial charge in [-0.1, -0.05) is 24.1 Å². The number of carbonyl (C=O) groups excluding carboxylic acids is 2. The molecule has 2 aromatic carbocycles. The lowest BCUT2D eigenvalue weighted by atomic mass is 9.92. The zero-order chi connectivity index (χ0) is 31.3. The van der Waals surface area contributed by atoms with Crippen LogP contribution in [-0.2, 0) is 6.42 Å². The molecule has 5 aromatic rings. The van der Waals surface area contributed by atoms with Gasteiger partial charge in [0.15, 0.2) is 17.3 Å². The standard InChI is InChI=1S/C35H28N4O6/c1-3-4-17-44-32-20-27-24(19-31(32)43-2)30(15-16-36-27)45-23-13-14-33(37-21-23)38-34(41)26-18-25-28(11-8-12-29(25)40)39(35(26)42)22-9-6-5-7-10-22/h5-7,9-10,13-16,18-21H,8,11-12,17H2,1-2H3,(H,37,38,41). The number of hydrogen-bond acceptors (Lipinski definition) is 8. The Morgan fingerprint density at radius 2 is 1.82 bits per heavy atom. The molecule has 1 aliphatic rings. The molecule has 0 bridgehead atoms. The number of rotatable bonds is 8. The van der Waals surface area contributed by atoms with Gasteiger partial charge in [0.25, 0.3) is 11.5 Å². The second-order valence-corrected chi connectivity index (χ2v) is 10.2. The van der Waals surface area contributed by atoms with E-state index in [4.69, 9.17) is 14.2 Å². The van der Waals surface area contributed by atoms with E-state index in [1.807, 2.05) is 6.07 Å². The van der Waals surface area contributed by atoms with Crippen LogP contribution in [0.3, 0.4) is 0 Å². The lowest BCUT2D eigenvalue weighted by Crippen LogP contribution is -2.33. The number of nitrogens with zero attached hydrogens (tertiary/aromatic N) is 3. The van der Waals surface area contributed by atoms with Crippen molar-refractivity contribution in [3.63, 3.8) is 0 Å². The van der Waals surface area contributed by atoms with E-state index in [-0.39, 0.29) is 23.8 Å². The van der Waals surface area contributed by atoms with Gasteiger partial charge in [0.05, 0.1) is 18.8 Å². The van der Waals surface area contributed by atoms with Gasteiger partial charge in [-0.15, -0.1) is 5.92 Å². The van der Waals surface area contributed by atoms with Crippen molar-refractivity contribution in [2.24, 2.45) is 0 Å². The van der Waals surface area contributed by atoms with Crippen molar-refractivity contribution in [3.05, 3.63) is 106 Å². The fraction of sp³-hybridized carbons (Fsp3) is 0.171. The first-order chi connectivity index (χ1) is 22.0. The fourth-order valence-corrected chi connectivity index (χ4v) is 5.21. The lowest BCUT2D eigenvalue weighted by Gasteiger charge is -2.21. The first-order valence-corrected chi connectivity index (χ1v) is 14.3. The van der Waals surface area contributed by atoms with Crippen LogP contribution in [0.1, 0.15) is 46.2 Å². The summed E-state index contributed by atoms with van der Waals surface area (Å²) in [5, 5.41) is 3.37. The predicted molar refractivity (Wildman–Crippen MR) is 169 cm³/mol. The first kappa shape index (κ1) is 29.1. The van der Waals surface area contributed by atoms with E-state index in [9.17, 15) is 14.4 Å². The van der Waals surface area contributed by atoms with Gasteiger partial charge in [0, 0.05) is 41.0 Å². The zero-order valence-corrected chi connectivity index (χ0v) is 24.6. The normalized spacial score (nSPS) is 12.1. The summed E-state index contributed by atoms with van der Waals surface area (Å²) in [4.78, 5) is 48.5. The number of fused-ring (bicyclic) bond motifs is 2. The highest BCUT2D eigenvalue weighted by atomic mass is 16.5. The molecular weight excluding hydrogens is 572 g/mol. The molecule has 3 heterocycles. The highest BCUT2D eigenvalue weighted by molar-refractivity contribution is 6.06. The number of ketones is 1. The molecule has 0 saturated carbocycles. The monoisotopic (exact) mass is 600 g/mol. The largest absolute Gasteiger partial charge is 0.493 e. The van der Waals surface area contributed by atoms with Crippen LogP contribution in [-0.4, -0.2) is 39.9 Å². The average molecular weight is 601 g/mol. The van der Waals surface area contributed by atoms with Crippen LogP contribution in [0.25, 0.3) is 16.6 Å². The molecule has 1 aliphatic carbocycles. The fourth-order valence-electron chi connectivity index (χ4n) is 5.21. The number of amides is 1. The number of aromatic nitrogens is 3. The van der Waals surface area contributed by atoms with Crippen molar-refractivity contribution >= 4 is 28.4 Å². The van der Waals surface area contributed by atoms with E-state index >= 15 is 0 Å². The summed E-state index contributed by atoms with van der Waals surface area (Å²) in [5.41, 5.74) is 1.60. The molecule has 0 radical (unpaired) electrons. The molecule has 6 rings (SSSR count). The molecule has 10 heteroatoms. The van der Waals surface area contributed by atoms with E-state index in [1.165, 1.54) is 16.8 Å². The topological polar surface area (TPSA) is 122 Å². The third kappa shape index (κ3) is 5.96.